The van der Waals surface area contributed by atoms with Gasteiger partial charge < -0.3 is 9.47 Å². The van der Waals surface area contributed by atoms with Crippen LogP contribution in [0.1, 0.15) is 33.6 Å². The average Bonchev–Trinajstić information content (AvgIpc) is 2.36. The van der Waals surface area contributed by atoms with Crippen LogP contribution >= 0.6 is 0 Å². The number of benzene rings is 1. The lowest BCUT2D eigenvalue weighted by Crippen LogP contribution is -2.14. The second-order valence-electron chi connectivity index (χ2n) is 4.23. The molecule has 100 valence electrons. The normalized spacial score (nSPS) is 11.9. The summed E-state index contributed by atoms with van der Waals surface area (Å²) in [5, 5.41) is 0. The third-order valence-corrected chi connectivity index (χ3v) is 2.94. The first-order valence-corrected chi connectivity index (χ1v) is 6.54. The smallest absolute Gasteiger partial charge is 0.161 e. The van der Waals surface area contributed by atoms with E-state index < -0.39 is 0 Å². The largest absolute Gasteiger partial charge is 0.490 e. The molecule has 0 aliphatic rings. The second-order valence-corrected chi connectivity index (χ2v) is 4.23. The maximum atomic E-state index is 11.3. The van der Waals surface area contributed by atoms with Gasteiger partial charge in [0.1, 0.15) is 5.78 Å². The van der Waals surface area contributed by atoms with Crippen molar-refractivity contribution in [1.82, 2.24) is 0 Å². The standard InChI is InChI=1S/C15H22O3/c1-4-13(12(3)16)10-11-18-15-9-7-6-8-14(15)17-5-2/h6-9,13H,4-5,10-11H2,1-3H3. The van der Waals surface area contributed by atoms with E-state index in [0.717, 1.165) is 24.3 Å². The number of rotatable bonds is 8. The van der Waals surface area contributed by atoms with Gasteiger partial charge in [-0.25, -0.2) is 0 Å². The van der Waals surface area contributed by atoms with Crippen molar-refractivity contribution in [2.24, 2.45) is 5.92 Å². The Labute approximate surface area is 109 Å². The van der Waals surface area contributed by atoms with Gasteiger partial charge in [0, 0.05) is 5.92 Å². The van der Waals surface area contributed by atoms with E-state index in [1.807, 2.05) is 38.1 Å². The van der Waals surface area contributed by atoms with E-state index in [9.17, 15) is 4.79 Å². The lowest BCUT2D eigenvalue weighted by Gasteiger charge is -2.14. The highest BCUT2D eigenvalue weighted by molar-refractivity contribution is 5.78. The topological polar surface area (TPSA) is 35.5 Å². The maximum Gasteiger partial charge on any atom is 0.161 e. The van der Waals surface area contributed by atoms with E-state index in [1.165, 1.54) is 0 Å². The number of ether oxygens (including phenoxy) is 2. The summed E-state index contributed by atoms with van der Waals surface area (Å²) in [4.78, 5) is 11.3. The minimum Gasteiger partial charge on any atom is -0.490 e. The van der Waals surface area contributed by atoms with Crippen LogP contribution in [0, 0.1) is 5.92 Å². The summed E-state index contributed by atoms with van der Waals surface area (Å²) in [5.41, 5.74) is 0. The Kier molecular flexibility index (Phi) is 6.26. The highest BCUT2D eigenvalue weighted by Gasteiger charge is 2.12. The van der Waals surface area contributed by atoms with Crippen LogP contribution in [-0.2, 0) is 4.79 Å². The van der Waals surface area contributed by atoms with Crippen molar-refractivity contribution in [2.45, 2.75) is 33.6 Å². The van der Waals surface area contributed by atoms with Gasteiger partial charge in [-0.1, -0.05) is 19.1 Å². The first-order chi connectivity index (χ1) is 8.69. The van der Waals surface area contributed by atoms with Crippen LogP contribution in [0.2, 0.25) is 0 Å². The molecule has 0 N–H and O–H groups in total. The van der Waals surface area contributed by atoms with Crippen molar-refractivity contribution in [3.8, 4) is 11.5 Å². The molecule has 0 bridgehead atoms. The number of carbonyl (C=O) groups is 1. The van der Waals surface area contributed by atoms with Crippen LogP contribution in [0.4, 0.5) is 0 Å². The first kappa shape index (κ1) is 14.6. The van der Waals surface area contributed by atoms with Crippen molar-refractivity contribution in [3.05, 3.63) is 24.3 Å². The van der Waals surface area contributed by atoms with Gasteiger partial charge in [-0.05, 0) is 38.8 Å². The van der Waals surface area contributed by atoms with Gasteiger partial charge in [0.2, 0.25) is 0 Å². The Morgan fingerprint density at radius 1 is 1.17 bits per heavy atom. The molecule has 0 amide bonds. The molecule has 1 aromatic carbocycles. The number of hydrogen-bond acceptors (Lipinski definition) is 3. The Balaban J connectivity index is 2.50. The fourth-order valence-electron chi connectivity index (χ4n) is 1.85. The zero-order chi connectivity index (χ0) is 13.4. The summed E-state index contributed by atoms with van der Waals surface area (Å²) < 4.78 is 11.2. The van der Waals surface area contributed by atoms with Gasteiger partial charge in [-0.2, -0.15) is 0 Å². The van der Waals surface area contributed by atoms with Crippen molar-refractivity contribution in [1.29, 1.82) is 0 Å². The molecule has 1 aromatic rings. The predicted octanol–water partition coefficient (Wildman–Crippen LogP) is 3.47. The second kappa shape index (κ2) is 7.75. The van der Waals surface area contributed by atoms with Crippen LogP contribution in [0.3, 0.4) is 0 Å². The number of Topliss-reactive ketones (excluding diaryl/α,β-unsaturated/α-hetero) is 1. The molecule has 1 atom stereocenters. The van der Waals surface area contributed by atoms with Gasteiger partial charge in [-0.3, -0.25) is 4.79 Å². The Morgan fingerprint density at radius 2 is 1.78 bits per heavy atom. The number of para-hydroxylation sites is 2. The summed E-state index contributed by atoms with van der Waals surface area (Å²) in [7, 11) is 0. The van der Waals surface area contributed by atoms with Crippen molar-refractivity contribution in [3.63, 3.8) is 0 Å². The van der Waals surface area contributed by atoms with Gasteiger partial charge >= 0.3 is 0 Å². The lowest BCUT2D eigenvalue weighted by molar-refractivity contribution is -0.121. The highest BCUT2D eigenvalue weighted by atomic mass is 16.5. The summed E-state index contributed by atoms with van der Waals surface area (Å²) in [6.07, 6.45) is 1.62. The van der Waals surface area contributed by atoms with Gasteiger partial charge in [0.25, 0.3) is 0 Å². The monoisotopic (exact) mass is 250 g/mol. The molecule has 3 nitrogen and oxygen atoms in total. The van der Waals surface area contributed by atoms with E-state index >= 15 is 0 Å². The average molecular weight is 250 g/mol. The zero-order valence-corrected chi connectivity index (χ0v) is 11.4. The van der Waals surface area contributed by atoms with Gasteiger partial charge in [0.05, 0.1) is 13.2 Å². The Hall–Kier alpha value is -1.51. The lowest BCUT2D eigenvalue weighted by atomic mass is 9.99. The number of hydrogen-bond donors (Lipinski definition) is 0. The molecule has 0 radical (unpaired) electrons. The molecule has 0 fully saturated rings. The molecule has 0 heterocycles. The number of ketones is 1. The molecule has 18 heavy (non-hydrogen) atoms. The molecule has 3 heteroatoms. The van der Waals surface area contributed by atoms with Gasteiger partial charge in [0.15, 0.2) is 11.5 Å². The van der Waals surface area contributed by atoms with Gasteiger partial charge in [-0.15, -0.1) is 0 Å². The Morgan fingerprint density at radius 3 is 2.28 bits per heavy atom. The van der Waals surface area contributed by atoms with Crippen molar-refractivity contribution < 1.29 is 14.3 Å². The minimum atomic E-state index is 0.101. The van der Waals surface area contributed by atoms with Crippen LogP contribution in [0.25, 0.3) is 0 Å². The van der Waals surface area contributed by atoms with E-state index in [-0.39, 0.29) is 11.7 Å². The molecule has 0 saturated heterocycles. The molecule has 0 saturated carbocycles. The van der Waals surface area contributed by atoms with Crippen LogP contribution in [0.15, 0.2) is 24.3 Å². The van der Waals surface area contributed by atoms with Crippen LogP contribution < -0.4 is 9.47 Å². The fraction of sp³-hybridized carbons (Fsp3) is 0.533. The quantitative estimate of drug-likeness (QED) is 0.708. The molecule has 1 unspecified atom stereocenters. The third kappa shape index (κ3) is 4.40. The zero-order valence-electron chi connectivity index (χ0n) is 11.4. The first-order valence-electron chi connectivity index (χ1n) is 6.54. The van der Waals surface area contributed by atoms with Crippen LogP contribution in [-0.4, -0.2) is 19.0 Å². The molecular formula is C15H22O3. The molecule has 0 aliphatic heterocycles. The fourth-order valence-corrected chi connectivity index (χ4v) is 1.85. The van der Waals surface area contributed by atoms with E-state index in [4.69, 9.17) is 9.47 Å². The molecular weight excluding hydrogens is 228 g/mol. The minimum absolute atomic E-state index is 0.101. The molecule has 0 aromatic heterocycles. The van der Waals surface area contributed by atoms with E-state index in [2.05, 4.69) is 0 Å². The van der Waals surface area contributed by atoms with Crippen LogP contribution in [0.5, 0.6) is 11.5 Å². The number of carbonyl (C=O) groups excluding carboxylic acids is 1. The molecule has 0 aliphatic carbocycles. The van der Waals surface area contributed by atoms with E-state index in [1.54, 1.807) is 6.92 Å². The van der Waals surface area contributed by atoms with E-state index in [0.29, 0.717) is 13.2 Å². The summed E-state index contributed by atoms with van der Waals surface area (Å²) in [5.74, 6) is 1.84. The predicted molar refractivity (Wildman–Crippen MR) is 72.2 cm³/mol. The molecule has 1 rings (SSSR count). The highest BCUT2D eigenvalue weighted by Crippen LogP contribution is 2.26. The third-order valence-electron chi connectivity index (χ3n) is 2.94. The maximum absolute atomic E-state index is 11.3. The SMILES string of the molecule is CCOc1ccccc1OCCC(CC)C(C)=O. The summed E-state index contributed by atoms with van der Waals surface area (Å²) in [6, 6.07) is 7.61. The van der Waals surface area contributed by atoms with Crippen molar-refractivity contribution >= 4 is 5.78 Å². The molecule has 0 spiro atoms. The van der Waals surface area contributed by atoms with Crippen molar-refractivity contribution in [2.75, 3.05) is 13.2 Å². The summed E-state index contributed by atoms with van der Waals surface area (Å²) in [6.45, 7) is 6.77. The Bertz CT molecular complexity index is 374. The summed E-state index contributed by atoms with van der Waals surface area (Å²) >= 11 is 0.